The molecule has 6 nitrogen and oxygen atoms in total. The molecule has 0 atom stereocenters. The summed E-state index contributed by atoms with van der Waals surface area (Å²) in [5, 5.41) is 9.22. The van der Waals surface area contributed by atoms with E-state index in [1.54, 1.807) is 4.68 Å². The predicted octanol–water partition coefficient (Wildman–Crippen LogP) is 3.93. The first-order valence-corrected chi connectivity index (χ1v) is 8.90. The van der Waals surface area contributed by atoms with E-state index in [4.69, 9.17) is 9.72 Å². The van der Waals surface area contributed by atoms with Gasteiger partial charge in [0.15, 0.2) is 18.1 Å². The van der Waals surface area contributed by atoms with Crippen molar-refractivity contribution in [1.29, 1.82) is 0 Å². The van der Waals surface area contributed by atoms with E-state index in [1.807, 2.05) is 68.4 Å². The minimum absolute atomic E-state index is 0.0788. The number of hydrogen-bond donors (Lipinski definition) is 1. The second kappa shape index (κ2) is 7.07. The number of para-hydroxylation sites is 2. The average Bonchev–Trinajstić information content (AvgIpc) is 3.03. The summed E-state index contributed by atoms with van der Waals surface area (Å²) >= 11 is 0. The number of carbonyl (C=O) groups excluding carboxylic acids is 1. The number of aromatic nitrogens is 3. The summed E-state index contributed by atoms with van der Waals surface area (Å²) in [6.45, 7) is 4.62. The molecule has 2 aromatic heterocycles. The highest BCUT2D eigenvalue weighted by molar-refractivity contribution is 6.03. The van der Waals surface area contributed by atoms with E-state index in [2.05, 4.69) is 10.4 Å². The summed E-state index contributed by atoms with van der Waals surface area (Å²) in [5.41, 5.74) is 2.82. The van der Waals surface area contributed by atoms with Crippen LogP contribution in [0.25, 0.3) is 21.9 Å². The second-order valence-corrected chi connectivity index (χ2v) is 6.32. The highest BCUT2D eigenvalue weighted by atomic mass is 16.5. The monoisotopic (exact) mass is 360 g/mol. The molecule has 0 unspecified atom stereocenters. The number of ether oxygens (including phenoxy) is 1. The Balaban J connectivity index is 1.64. The SMILES string of the molecule is CCn1nc(NC(=O)COc2ccccc2)c2cc3cccc(C)c3nc21. The molecule has 0 aliphatic rings. The third-order valence-electron chi connectivity index (χ3n) is 4.42. The number of nitrogens with zero attached hydrogens (tertiary/aromatic N) is 3. The Morgan fingerprint density at radius 1 is 1.15 bits per heavy atom. The molecule has 1 N–H and O–H groups in total. The van der Waals surface area contributed by atoms with E-state index in [1.165, 1.54) is 0 Å². The van der Waals surface area contributed by atoms with Gasteiger partial charge in [0.1, 0.15) is 5.75 Å². The molecule has 27 heavy (non-hydrogen) atoms. The zero-order chi connectivity index (χ0) is 18.8. The van der Waals surface area contributed by atoms with E-state index in [0.717, 1.165) is 27.5 Å². The minimum atomic E-state index is -0.258. The normalized spacial score (nSPS) is 11.0. The lowest BCUT2D eigenvalue weighted by Crippen LogP contribution is -2.20. The Morgan fingerprint density at radius 2 is 1.96 bits per heavy atom. The zero-order valence-corrected chi connectivity index (χ0v) is 15.3. The van der Waals surface area contributed by atoms with Gasteiger partial charge in [-0.3, -0.25) is 4.79 Å². The summed E-state index contributed by atoms with van der Waals surface area (Å²) in [7, 11) is 0. The number of hydrogen-bond acceptors (Lipinski definition) is 4. The number of rotatable bonds is 5. The number of benzene rings is 2. The molecule has 1 amide bonds. The Kier molecular flexibility index (Phi) is 4.46. The molecule has 0 aliphatic carbocycles. The van der Waals surface area contributed by atoms with E-state index < -0.39 is 0 Å². The third kappa shape index (κ3) is 3.33. The fraction of sp³-hybridized carbons (Fsp3) is 0.190. The Labute approximate surface area is 156 Å². The van der Waals surface area contributed by atoms with Gasteiger partial charge in [0.05, 0.1) is 10.9 Å². The lowest BCUT2D eigenvalue weighted by molar-refractivity contribution is -0.118. The van der Waals surface area contributed by atoms with Crippen molar-refractivity contribution < 1.29 is 9.53 Å². The molecule has 2 aromatic carbocycles. The third-order valence-corrected chi connectivity index (χ3v) is 4.42. The molecule has 0 aliphatic heterocycles. The Hall–Kier alpha value is -3.41. The Bertz CT molecular complexity index is 1120. The summed E-state index contributed by atoms with van der Waals surface area (Å²) in [5.74, 6) is 0.898. The smallest absolute Gasteiger partial charge is 0.263 e. The highest BCUT2D eigenvalue weighted by Gasteiger charge is 2.15. The number of pyridine rings is 1. The van der Waals surface area contributed by atoms with Crippen LogP contribution in [0.15, 0.2) is 54.6 Å². The van der Waals surface area contributed by atoms with Gasteiger partial charge in [-0.05, 0) is 37.6 Å². The van der Waals surface area contributed by atoms with Gasteiger partial charge in [-0.1, -0.05) is 36.4 Å². The maximum atomic E-state index is 12.3. The first kappa shape index (κ1) is 17.0. The summed E-state index contributed by atoms with van der Waals surface area (Å²) < 4.78 is 7.31. The molecule has 0 spiro atoms. The van der Waals surface area contributed by atoms with Gasteiger partial charge in [-0.25, -0.2) is 9.67 Å². The van der Waals surface area contributed by atoms with Crippen LogP contribution in [-0.4, -0.2) is 27.3 Å². The number of nitrogens with one attached hydrogen (secondary N) is 1. The van der Waals surface area contributed by atoms with Crippen LogP contribution in [-0.2, 0) is 11.3 Å². The largest absolute Gasteiger partial charge is 0.484 e. The molecular weight excluding hydrogens is 340 g/mol. The van der Waals surface area contributed by atoms with E-state index >= 15 is 0 Å². The molecule has 6 heteroatoms. The fourth-order valence-electron chi connectivity index (χ4n) is 3.08. The zero-order valence-electron chi connectivity index (χ0n) is 15.3. The highest BCUT2D eigenvalue weighted by Crippen LogP contribution is 2.27. The van der Waals surface area contributed by atoms with Gasteiger partial charge < -0.3 is 10.1 Å². The topological polar surface area (TPSA) is 69.0 Å². The van der Waals surface area contributed by atoms with Crippen molar-refractivity contribution in [3.05, 3.63) is 60.2 Å². The van der Waals surface area contributed by atoms with E-state index in [-0.39, 0.29) is 12.5 Å². The van der Waals surface area contributed by atoms with Crippen molar-refractivity contribution in [1.82, 2.24) is 14.8 Å². The van der Waals surface area contributed by atoms with Crippen molar-refractivity contribution in [2.24, 2.45) is 0 Å². The molecule has 0 fully saturated rings. The van der Waals surface area contributed by atoms with Crippen LogP contribution in [0.3, 0.4) is 0 Å². The van der Waals surface area contributed by atoms with Crippen LogP contribution in [0.1, 0.15) is 12.5 Å². The molecule has 4 rings (SSSR count). The molecular formula is C21H20N4O2. The molecule has 4 aromatic rings. The van der Waals surface area contributed by atoms with Crippen molar-refractivity contribution in [3.63, 3.8) is 0 Å². The van der Waals surface area contributed by atoms with Crippen molar-refractivity contribution >= 4 is 33.7 Å². The maximum absolute atomic E-state index is 12.3. The van der Waals surface area contributed by atoms with Gasteiger partial charge in [-0.2, -0.15) is 5.10 Å². The van der Waals surface area contributed by atoms with Crippen LogP contribution >= 0.6 is 0 Å². The summed E-state index contributed by atoms with van der Waals surface area (Å²) in [6.07, 6.45) is 0. The first-order chi connectivity index (χ1) is 13.2. The first-order valence-electron chi connectivity index (χ1n) is 8.90. The number of anilines is 1. The standard InChI is InChI=1S/C21H20N4O2/c1-3-25-21-17(12-15-9-7-8-14(2)19(15)23-21)20(24-25)22-18(26)13-27-16-10-5-4-6-11-16/h4-12H,3,13H2,1-2H3,(H,22,24,26). The lowest BCUT2D eigenvalue weighted by atomic mass is 10.1. The number of amides is 1. The molecule has 0 radical (unpaired) electrons. The van der Waals surface area contributed by atoms with E-state index in [9.17, 15) is 4.79 Å². The van der Waals surface area contributed by atoms with Crippen LogP contribution in [0.4, 0.5) is 5.82 Å². The fourth-order valence-corrected chi connectivity index (χ4v) is 3.08. The molecule has 0 saturated heterocycles. The summed E-state index contributed by atoms with van der Waals surface area (Å²) in [6, 6.07) is 17.3. The lowest BCUT2D eigenvalue weighted by Gasteiger charge is -2.06. The van der Waals surface area contributed by atoms with Gasteiger partial charge in [-0.15, -0.1) is 0 Å². The van der Waals surface area contributed by atoms with Crippen molar-refractivity contribution in [3.8, 4) is 5.75 Å². The van der Waals surface area contributed by atoms with Gasteiger partial charge in [0.25, 0.3) is 5.91 Å². The van der Waals surface area contributed by atoms with Crippen LogP contribution in [0, 0.1) is 6.92 Å². The van der Waals surface area contributed by atoms with Gasteiger partial charge in [0.2, 0.25) is 0 Å². The van der Waals surface area contributed by atoms with Gasteiger partial charge in [0, 0.05) is 11.9 Å². The average molecular weight is 360 g/mol. The molecule has 0 saturated carbocycles. The minimum Gasteiger partial charge on any atom is -0.484 e. The number of carbonyl (C=O) groups is 1. The predicted molar refractivity (Wildman–Crippen MR) is 106 cm³/mol. The quantitative estimate of drug-likeness (QED) is 0.585. The molecule has 136 valence electrons. The van der Waals surface area contributed by atoms with Crippen molar-refractivity contribution in [2.45, 2.75) is 20.4 Å². The second-order valence-electron chi connectivity index (χ2n) is 6.32. The maximum Gasteiger partial charge on any atom is 0.263 e. The van der Waals surface area contributed by atoms with Gasteiger partial charge >= 0.3 is 0 Å². The summed E-state index contributed by atoms with van der Waals surface area (Å²) in [4.78, 5) is 17.1. The molecule has 0 bridgehead atoms. The number of aryl methyl sites for hydroxylation is 2. The molecule has 2 heterocycles. The van der Waals surface area contributed by atoms with Crippen molar-refractivity contribution in [2.75, 3.05) is 11.9 Å². The number of fused-ring (bicyclic) bond motifs is 2. The van der Waals surface area contributed by atoms with Crippen LogP contribution in [0.2, 0.25) is 0 Å². The van der Waals surface area contributed by atoms with Crippen LogP contribution < -0.4 is 10.1 Å². The van der Waals surface area contributed by atoms with E-state index in [0.29, 0.717) is 18.1 Å². The van der Waals surface area contributed by atoms with Crippen LogP contribution in [0.5, 0.6) is 5.75 Å². The Morgan fingerprint density at radius 3 is 2.74 bits per heavy atom.